The largest absolute Gasteiger partial charge is 0.497 e. The van der Waals surface area contributed by atoms with Gasteiger partial charge in [0.05, 0.1) is 18.3 Å². The number of rotatable bonds is 4. The van der Waals surface area contributed by atoms with Crippen LogP contribution in [0.4, 0.5) is 0 Å². The number of aromatic nitrogens is 2. The van der Waals surface area contributed by atoms with Gasteiger partial charge in [0.2, 0.25) is 0 Å². The van der Waals surface area contributed by atoms with Crippen molar-refractivity contribution in [1.29, 1.82) is 0 Å². The van der Waals surface area contributed by atoms with Crippen molar-refractivity contribution in [1.82, 2.24) is 9.55 Å². The Balaban J connectivity index is 1.82. The number of fused-ring (bicyclic) bond motifs is 1. The van der Waals surface area contributed by atoms with Gasteiger partial charge < -0.3 is 9.30 Å². The Hall–Kier alpha value is -3.07. The first-order valence-corrected chi connectivity index (χ1v) is 10.5. The second kappa shape index (κ2) is 7.64. The molecule has 2 aromatic heterocycles. The first-order valence-electron chi connectivity index (χ1n) is 10.5. The standard InChI is InChI=1S/C27H30N2O/c1-18-19(2)29(17-20-7-11-22(12-8-20)27(3,4)5)26-24(18)15-16-28-25(26)21-9-13-23(30-6)14-10-21/h7-16H,17H2,1-6H3. The number of pyridine rings is 1. The second-order valence-electron chi connectivity index (χ2n) is 9.03. The van der Waals surface area contributed by atoms with Crippen molar-refractivity contribution in [3.8, 4) is 17.0 Å². The molecular weight excluding hydrogens is 368 g/mol. The number of nitrogens with zero attached hydrogens (tertiary/aromatic N) is 2. The van der Waals surface area contributed by atoms with E-state index in [2.05, 4.69) is 81.7 Å². The normalized spacial score (nSPS) is 11.8. The molecule has 154 valence electrons. The molecule has 0 amide bonds. The van der Waals surface area contributed by atoms with E-state index in [-0.39, 0.29) is 5.41 Å². The van der Waals surface area contributed by atoms with Crippen molar-refractivity contribution in [2.45, 2.75) is 46.6 Å². The number of aryl methyl sites for hydroxylation is 1. The van der Waals surface area contributed by atoms with Crippen molar-refractivity contribution in [2.75, 3.05) is 7.11 Å². The molecule has 3 nitrogen and oxygen atoms in total. The van der Waals surface area contributed by atoms with Gasteiger partial charge >= 0.3 is 0 Å². The van der Waals surface area contributed by atoms with Crippen LogP contribution < -0.4 is 4.74 Å². The van der Waals surface area contributed by atoms with Gasteiger partial charge in [0.1, 0.15) is 5.75 Å². The average molecular weight is 399 g/mol. The third-order valence-corrected chi connectivity index (χ3v) is 6.07. The fraction of sp³-hybridized carbons (Fsp3) is 0.296. The van der Waals surface area contributed by atoms with Crippen molar-refractivity contribution in [3.05, 3.63) is 83.2 Å². The van der Waals surface area contributed by atoms with E-state index >= 15 is 0 Å². The van der Waals surface area contributed by atoms with Gasteiger partial charge in [0.25, 0.3) is 0 Å². The van der Waals surface area contributed by atoms with Crippen molar-refractivity contribution >= 4 is 10.9 Å². The van der Waals surface area contributed by atoms with Crippen molar-refractivity contribution in [2.24, 2.45) is 0 Å². The fourth-order valence-corrected chi connectivity index (χ4v) is 4.05. The first-order chi connectivity index (χ1) is 14.3. The smallest absolute Gasteiger partial charge is 0.118 e. The zero-order valence-electron chi connectivity index (χ0n) is 18.8. The maximum Gasteiger partial charge on any atom is 0.118 e. The SMILES string of the molecule is COc1ccc(-c2nccc3c(C)c(C)n(Cc4ccc(C(C)(C)C)cc4)c23)cc1. The van der Waals surface area contributed by atoms with E-state index in [0.717, 1.165) is 23.6 Å². The van der Waals surface area contributed by atoms with Gasteiger partial charge in [0.15, 0.2) is 0 Å². The van der Waals surface area contributed by atoms with Crippen molar-refractivity contribution in [3.63, 3.8) is 0 Å². The lowest BCUT2D eigenvalue weighted by Crippen LogP contribution is -2.11. The highest BCUT2D eigenvalue weighted by atomic mass is 16.5. The summed E-state index contributed by atoms with van der Waals surface area (Å²) in [5.74, 6) is 0.854. The van der Waals surface area contributed by atoms with Crippen LogP contribution >= 0.6 is 0 Å². The Kier molecular flexibility index (Phi) is 5.15. The number of hydrogen-bond donors (Lipinski definition) is 0. The van der Waals surface area contributed by atoms with Gasteiger partial charge in [-0.3, -0.25) is 4.98 Å². The van der Waals surface area contributed by atoms with Crippen LogP contribution in [0.2, 0.25) is 0 Å². The molecule has 0 saturated carbocycles. The molecule has 3 heteroatoms. The molecule has 4 aromatic rings. The molecule has 0 radical (unpaired) electrons. The zero-order valence-corrected chi connectivity index (χ0v) is 18.8. The third kappa shape index (κ3) is 3.60. The highest BCUT2D eigenvalue weighted by molar-refractivity contribution is 5.95. The van der Waals surface area contributed by atoms with E-state index in [0.29, 0.717) is 0 Å². The molecule has 0 aliphatic carbocycles. The highest BCUT2D eigenvalue weighted by Gasteiger charge is 2.17. The topological polar surface area (TPSA) is 27.1 Å². The van der Waals surface area contributed by atoms with Gasteiger partial charge in [0, 0.05) is 29.4 Å². The average Bonchev–Trinajstić information content (AvgIpc) is 2.98. The minimum atomic E-state index is 0.163. The molecular formula is C27H30N2O. The summed E-state index contributed by atoms with van der Waals surface area (Å²) in [5, 5.41) is 1.26. The molecule has 0 aliphatic heterocycles. The van der Waals surface area contributed by atoms with Crippen molar-refractivity contribution < 1.29 is 4.74 Å². The van der Waals surface area contributed by atoms with E-state index in [1.807, 2.05) is 18.3 Å². The number of methoxy groups -OCH3 is 1. The molecule has 0 N–H and O–H groups in total. The van der Waals surface area contributed by atoms with E-state index in [4.69, 9.17) is 9.72 Å². The molecule has 0 spiro atoms. The summed E-state index contributed by atoms with van der Waals surface area (Å²) >= 11 is 0. The minimum Gasteiger partial charge on any atom is -0.497 e. The Morgan fingerprint density at radius 2 is 1.57 bits per heavy atom. The van der Waals surface area contributed by atoms with Crippen LogP contribution in [0.3, 0.4) is 0 Å². The Morgan fingerprint density at radius 3 is 2.17 bits per heavy atom. The highest BCUT2D eigenvalue weighted by Crippen LogP contribution is 2.33. The monoisotopic (exact) mass is 398 g/mol. The molecule has 0 unspecified atom stereocenters. The molecule has 2 aromatic carbocycles. The van der Waals surface area contributed by atoms with Crippen LogP contribution in [-0.4, -0.2) is 16.7 Å². The molecule has 30 heavy (non-hydrogen) atoms. The van der Waals surface area contributed by atoms with Gasteiger partial charge in [-0.25, -0.2) is 0 Å². The zero-order chi connectivity index (χ0) is 21.5. The summed E-state index contributed by atoms with van der Waals surface area (Å²) in [7, 11) is 1.69. The van der Waals surface area contributed by atoms with Gasteiger partial charge in [-0.2, -0.15) is 0 Å². The van der Waals surface area contributed by atoms with E-state index in [9.17, 15) is 0 Å². The quantitative estimate of drug-likeness (QED) is 0.384. The predicted molar refractivity (Wildman–Crippen MR) is 125 cm³/mol. The molecule has 0 fully saturated rings. The fourth-order valence-electron chi connectivity index (χ4n) is 4.05. The molecule has 0 saturated heterocycles. The Bertz CT molecular complexity index is 1180. The summed E-state index contributed by atoms with van der Waals surface area (Å²) < 4.78 is 7.73. The Labute approximate surface area is 179 Å². The number of hydrogen-bond acceptors (Lipinski definition) is 2. The van der Waals surface area contributed by atoms with Crippen LogP contribution in [-0.2, 0) is 12.0 Å². The van der Waals surface area contributed by atoms with Crippen LogP contribution in [0.15, 0.2) is 60.8 Å². The molecule has 0 atom stereocenters. The van der Waals surface area contributed by atoms with Crippen LogP contribution in [0.25, 0.3) is 22.2 Å². The second-order valence-corrected chi connectivity index (χ2v) is 9.03. The molecule has 0 bridgehead atoms. The number of benzene rings is 2. The summed E-state index contributed by atoms with van der Waals surface area (Å²) in [4.78, 5) is 4.77. The third-order valence-electron chi connectivity index (χ3n) is 6.07. The van der Waals surface area contributed by atoms with Gasteiger partial charge in [-0.05, 0) is 66.3 Å². The Morgan fingerprint density at radius 1 is 0.900 bits per heavy atom. The van der Waals surface area contributed by atoms with E-state index in [1.54, 1.807) is 7.11 Å². The maximum absolute atomic E-state index is 5.33. The van der Waals surface area contributed by atoms with Gasteiger partial charge in [-0.1, -0.05) is 45.0 Å². The lowest BCUT2D eigenvalue weighted by Gasteiger charge is -2.19. The minimum absolute atomic E-state index is 0.163. The molecule has 2 heterocycles. The van der Waals surface area contributed by atoms with E-state index in [1.165, 1.54) is 33.3 Å². The maximum atomic E-state index is 5.33. The predicted octanol–water partition coefficient (Wildman–Crippen LogP) is 6.67. The molecule has 4 rings (SSSR count). The lowest BCUT2D eigenvalue weighted by atomic mass is 9.87. The summed E-state index contributed by atoms with van der Waals surface area (Å²) in [5.41, 5.74) is 8.72. The van der Waals surface area contributed by atoms with Crippen LogP contribution in [0.5, 0.6) is 5.75 Å². The summed E-state index contributed by atoms with van der Waals surface area (Å²) in [6, 6.07) is 19.3. The lowest BCUT2D eigenvalue weighted by molar-refractivity contribution is 0.415. The van der Waals surface area contributed by atoms with Crippen LogP contribution in [0.1, 0.15) is 43.2 Å². The molecule has 0 aliphatic rings. The number of ether oxygens (including phenoxy) is 1. The summed E-state index contributed by atoms with van der Waals surface area (Å²) in [6.07, 6.45) is 1.91. The van der Waals surface area contributed by atoms with Gasteiger partial charge in [-0.15, -0.1) is 0 Å². The first kappa shape index (κ1) is 20.2. The summed E-state index contributed by atoms with van der Waals surface area (Å²) in [6.45, 7) is 12.0. The van der Waals surface area contributed by atoms with Crippen LogP contribution in [0, 0.1) is 13.8 Å². The van der Waals surface area contributed by atoms with E-state index < -0.39 is 0 Å².